The molecule has 2 aromatic rings. The number of amides is 1. The summed E-state index contributed by atoms with van der Waals surface area (Å²) in [5.41, 5.74) is -0.573. The first-order valence-electron chi connectivity index (χ1n) is 7.67. The van der Waals surface area contributed by atoms with Gasteiger partial charge in [0.25, 0.3) is 5.91 Å². The van der Waals surface area contributed by atoms with E-state index in [2.05, 4.69) is 19.7 Å². The monoisotopic (exact) mass is 361 g/mol. The topological polar surface area (TPSA) is 120 Å². The summed E-state index contributed by atoms with van der Waals surface area (Å²) in [7, 11) is -3.70. The molecule has 4 rings (SSSR count). The number of hydrogen-bond acceptors (Lipinski definition) is 7. The molecule has 130 valence electrons. The molecule has 1 amide bonds. The number of fused-ring (bicyclic) bond motifs is 1. The molecule has 1 fully saturated rings. The molecular formula is C15H15N5O4S. The zero-order valence-electron chi connectivity index (χ0n) is 13.1. The molecule has 25 heavy (non-hydrogen) atoms. The number of nitrogens with zero attached hydrogens (tertiary/aromatic N) is 4. The fourth-order valence-corrected chi connectivity index (χ4v) is 4.23. The summed E-state index contributed by atoms with van der Waals surface area (Å²) in [6.45, 7) is 0.776. The van der Waals surface area contributed by atoms with Crippen LogP contribution in [0, 0.1) is 0 Å². The van der Waals surface area contributed by atoms with Crippen LogP contribution in [0.2, 0.25) is 0 Å². The largest absolute Gasteiger partial charge is 0.593 e. The lowest BCUT2D eigenvalue weighted by Crippen LogP contribution is -2.49. The number of sulfonamides is 1. The summed E-state index contributed by atoms with van der Waals surface area (Å²) in [5.74, 6) is -0.00978. The van der Waals surface area contributed by atoms with Gasteiger partial charge in [0.15, 0.2) is 16.1 Å². The van der Waals surface area contributed by atoms with Gasteiger partial charge in [0.1, 0.15) is 11.3 Å². The van der Waals surface area contributed by atoms with Crippen molar-refractivity contribution in [3.05, 3.63) is 42.7 Å². The van der Waals surface area contributed by atoms with E-state index in [0.29, 0.717) is 13.0 Å². The van der Waals surface area contributed by atoms with Crippen LogP contribution in [0.1, 0.15) is 16.9 Å². The Morgan fingerprint density at radius 1 is 1.32 bits per heavy atom. The van der Waals surface area contributed by atoms with Crippen LogP contribution in [-0.2, 0) is 14.6 Å². The first kappa shape index (κ1) is 16.1. The number of nitrogens with one attached hydrogen (secondary N) is 1. The van der Waals surface area contributed by atoms with Gasteiger partial charge in [0, 0.05) is 37.6 Å². The van der Waals surface area contributed by atoms with E-state index in [1.807, 2.05) is 0 Å². The molecule has 2 atom stereocenters. The molecule has 10 heteroatoms. The van der Waals surface area contributed by atoms with Crippen molar-refractivity contribution in [3.63, 3.8) is 0 Å². The predicted molar refractivity (Wildman–Crippen MR) is 85.2 cm³/mol. The van der Waals surface area contributed by atoms with Crippen LogP contribution in [-0.4, -0.2) is 55.5 Å². The second-order valence-electron chi connectivity index (χ2n) is 6.00. The summed E-state index contributed by atoms with van der Waals surface area (Å²) in [6, 6.07) is 1.52. The van der Waals surface area contributed by atoms with Crippen molar-refractivity contribution in [2.45, 2.75) is 16.9 Å². The Hall–Kier alpha value is -2.43. The minimum absolute atomic E-state index is 0.00516. The lowest BCUT2D eigenvalue weighted by Gasteiger charge is -2.27. The van der Waals surface area contributed by atoms with Crippen molar-refractivity contribution in [2.75, 3.05) is 19.6 Å². The highest BCUT2D eigenvalue weighted by molar-refractivity contribution is 7.95. The van der Waals surface area contributed by atoms with Crippen LogP contribution >= 0.6 is 0 Å². The Morgan fingerprint density at radius 2 is 2.16 bits per heavy atom. The highest BCUT2D eigenvalue weighted by atomic mass is 32.3. The van der Waals surface area contributed by atoms with Crippen molar-refractivity contribution in [1.82, 2.24) is 24.6 Å². The fraction of sp³-hybridized carbons (Fsp3) is 0.333. The minimum Gasteiger partial charge on any atom is -0.593 e. The van der Waals surface area contributed by atoms with Gasteiger partial charge in [-0.25, -0.2) is 4.98 Å². The molecule has 2 aliphatic rings. The highest BCUT2D eigenvalue weighted by Crippen LogP contribution is 2.36. The average Bonchev–Trinajstić information content (AvgIpc) is 3.00. The molecule has 0 radical (unpaired) electrons. The molecule has 2 aromatic heterocycles. The normalized spacial score (nSPS) is 28.3. The quantitative estimate of drug-likeness (QED) is 0.712. The molecule has 1 N–H and O–H groups in total. The van der Waals surface area contributed by atoms with Crippen molar-refractivity contribution >= 4 is 16.3 Å². The first-order chi connectivity index (χ1) is 12.0. The van der Waals surface area contributed by atoms with Crippen LogP contribution in [0.4, 0.5) is 0 Å². The lowest BCUT2D eigenvalue weighted by atomic mass is 10.0. The van der Waals surface area contributed by atoms with Gasteiger partial charge in [-0.05, 0) is 0 Å². The number of likely N-dealkylation sites (tertiary alicyclic amines) is 1. The van der Waals surface area contributed by atoms with Gasteiger partial charge < -0.3 is 14.2 Å². The Morgan fingerprint density at radius 3 is 2.96 bits per heavy atom. The zero-order chi connectivity index (χ0) is 17.5. The van der Waals surface area contributed by atoms with Crippen molar-refractivity contribution in [1.29, 1.82) is 0 Å². The molecule has 1 spiro atoms. The molecule has 0 aliphatic carbocycles. The number of aromatic nitrogens is 3. The zero-order valence-corrected chi connectivity index (χ0v) is 13.9. The Kier molecular flexibility index (Phi) is 3.74. The smallest absolute Gasteiger partial charge is 0.274 e. The minimum atomic E-state index is -3.70. The third-order valence-electron chi connectivity index (χ3n) is 4.33. The maximum atomic E-state index is 12.6. The Balaban J connectivity index is 1.60. The standard InChI is InChI=1S/C15H15N5O4S/c21-14(11-7-17-4-5-18-11)20-6-2-15(10-20)9-19-25(22,23)13-8-16-3-1-12(13)24-15/h1,3-5,7-8H,2,6,9-10H2,(H-,19,22,23). The number of pyridine rings is 1. The van der Waals surface area contributed by atoms with Gasteiger partial charge >= 0.3 is 0 Å². The molecule has 9 nitrogen and oxygen atoms in total. The van der Waals surface area contributed by atoms with Crippen LogP contribution in [0.25, 0.3) is 0 Å². The van der Waals surface area contributed by atoms with Crippen LogP contribution in [0.3, 0.4) is 0 Å². The Labute approximate surface area is 144 Å². The van der Waals surface area contributed by atoms with Crippen LogP contribution < -0.4 is 9.46 Å². The molecule has 0 aromatic carbocycles. The molecule has 4 heterocycles. The predicted octanol–water partition coefficient (Wildman–Crippen LogP) is 0.0423. The van der Waals surface area contributed by atoms with E-state index in [-0.39, 0.29) is 35.3 Å². The number of rotatable bonds is 1. The van der Waals surface area contributed by atoms with E-state index in [1.54, 1.807) is 4.90 Å². The summed E-state index contributed by atoms with van der Waals surface area (Å²) in [6.07, 6.45) is 7.60. The average molecular weight is 361 g/mol. The number of ether oxygens (including phenoxy) is 1. The Bertz CT molecular complexity index is 864. The van der Waals surface area contributed by atoms with Gasteiger partial charge in [0.2, 0.25) is 4.90 Å². The molecule has 1 saturated heterocycles. The summed E-state index contributed by atoms with van der Waals surface area (Å²) < 4.78 is 33.3. The fourth-order valence-electron chi connectivity index (χ4n) is 3.04. The number of carbonyl (C=O) groups is 1. The van der Waals surface area contributed by atoms with Crippen LogP contribution in [0.5, 0.6) is 5.75 Å². The van der Waals surface area contributed by atoms with Gasteiger partial charge in [-0.1, -0.05) is 4.21 Å². The highest BCUT2D eigenvalue weighted by Gasteiger charge is 2.47. The maximum absolute atomic E-state index is 12.6. The van der Waals surface area contributed by atoms with Crippen molar-refractivity contribution in [2.24, 2.45) is 0 Å². The van der Waals surface area contributed by atoms with E-state index in [4.69, 9.17) is 4.74 Å². The molecule has 0 saturated carbocycles. The van der Waals surface area contributed by atoms with Crippen LogP contribution in [0.15, 0.2) is 41.9 Å². The van der Waals surface area contributed by atoms with Crippen molar-refractivity contribution in [3.8, 4) is 5.75 Å². The molecule has 2 aliphatic heterocycles. The number of hydrogen-bond donors (Lipinski definition) is 1. The summed E-state index contributed by atoms with van der Waals surface area (Å²) in [4.78, 5) is 25.9. The van der Waals surface area contributed by atoms with Gasteiger partial charge in [-0.2, -0.15) is 0 Å². The van der Waals surface area contributed by atoms with Gasteiger partial charge in [-0.15, -0.1) is 4.72 Å². The molecule has 2 unspecified atom stereocenters. The first-order valence-corrected chi connectivity index (χ1v) is 9.15. The third kappa shape index (κ3) is 2.88. The van der Waals surface area contributed by atoms with E-state index >= 15 is 0 Å². The second kappa shape index (κ2) is 5.83. The van der Waals surface area contributed by atoms with Crippen molar-refractivity contribution < 1.29 is 18.3 Å². The second-order valence-corrected chi connectivity index (χ2v) is 7.73. The van der Waals surface area contributed by atoms with E-state index < -0.39 is 16.0 Å². The molecular weight excluding hydrogens is 346 g/mol. The third-order valence-corrected chi connectivity index (χ3v) is 5.74. The maximum Gasteiger partial charge on any atom is 0.274 e. The van der Waals surface area contributed by atoms with Gasteiger partial charge in [0.05, 0.1) is 25.5 Å². The SMILES string of the molecule is O=C(c1cnccn1)N1CCC2(CN[S+](=O)([O-])c3cnccc3O2)C1. The van der Waals surface area contributed by atoms with E-state index in [1.165, 1.54) is 37.1 Å². The van der Waals surface area contributed by atoms with E-state index in [9.17, 15) is 13.6 Å². The summed E-state index contributed by atoms with van der Waals surface area (Å²) >= 11 is 0. The summed E-state index contributed by atoms with van der Waals surface area (Å²) in [5, 5.41) is 0. The lowest BCUT2D eigenvalue weighted by molar-refractivity contribution is 0.0630. The number of carbonyl (C=O) groups excluding carboxylic acids is 1. The van der Waals surface area contributed by atoms with E-state index in [0.717, 1.165) is 0 Å². The molecule has 0 bridgehead atoms. The van der Waals surface area contributed by atoms with Gasteiger partial charge in [-0.3, -0.25) is 14.8 Å².